The van der Waals surface area contributed by atoms with Gasteiger partial charge in [-0.2, -0.15) is 0 Å². The molecule has 0 aromatic rings. The van der Waals surface area contributed by atoms with E-state index in [1.807, 2.05) is 0 Å². The monoisotopic (exact) mass is 208 g/mol. The van der Waals surface area contributed by atoms with Crippen molar-refractivity contribution in [1.82, 2.24) is 0 Å². The maximum absolute atomic E-state index is 9.50. The maximum Gasteiger partial charge on any atom is 0.114 e. The number of rotatable bonds is 2. The molecule has 0 aliphatic heterocycles. The lowest BCUT2D eigenvalue weighted by molar-refractivity contribution is -0.235. The van der Waals surface area contributed by atoms with E-state index in [4.69, 9.17) is 9.47 Å². The molecule has 1 saturated carbocycles. The molecule has 6 atom stereocenters. The van der Waals surface area contributed by atoms with E-state index in [2.05, 4.69) is 0 Å². The zero-order valence-corrected chi connectivity index (χ0v) is 8.07. The number of hydrogen-bond donors (Lipinski definition) is 4. The molecule has 0 spiro atoms. The fourth-order valence-corrected chi connectivity index (χ4v) is 1.74. The Labute approximate surface area is 81.7 Å². The molecule has 0 aromatic heterocycles. The molecule has 6 heteroatoms. The van der Waals surface area contributed by atoms with Crippen molar-refractivity contribution in [2.24, 2.45) is 0 Å². The summed E-state index contributed by atoms with van der Waals surface area (Å²) in [5.41, 5.74) is 0. The van der Waals surface area contributed by atoms with E-state index >= 15 is 0 Å². The molecular formula is C8H16O6. The summed E-state index contributed by atoms with van der Waals surface area (Å²) in [5.74, 6) is 0. The lowest BCUT2D eigenvalue weighted by atomic mass is 9.85. The molecule has 1 fully saturated rings. The van der Waals surface area contributed by atoms with Crippen LogP contribution in [0.2, 0.25) is 0 Å². The Balaban J connectivity index is 2.81. The molecule has 0 heterocycles. The van der Waals surface area contributed by atoms with Gasteiger partial charge in [0.15, 0.2) is 0 Å². The minimum absolute atomic E-state index is 1.01. The first-order chi connectivity index (χ1) is 6.54. The van der Waals surface area contributed by atoms with Crippen LogP contribution in [0, 0.1) is 0 Å². The van der Waals surface area contributed by atoms with Crippen LogP contribution in [0.4, 0.5) is 0 Å². The van der Waals surface area contributed by atoms with Gasteiger partial charge in [-0.3, -0.25) is 0 Å². The summed E-state index contributed by atoms with van der Waals surface area (Å²) in [6.07, 6.45) is -7.11. The smallest absolute Gasteiger partial charge is 0.114 e. The third-order valence-corrected chi connectivity index (χ3v) is 2.59. The molecule has 0 radical (unpaired) electrons. The van der Waals surface area contributed by atoms with Crippen LogP contribution in [0.25, 0.3) is 0 Å². The first kappa shape index (κ1) is 11.8. The Bertz CT molecular complexity index is 151. The van der Waals surface area contributed by atoms with E-state index in [1.54, 1.807) is 0 Å². The summed E-state index contributed by atoms with van der Waals surface area (Å²) < 4.78 is 9.55. The minimum Gasteiger partial charge on any atom is -0.387 e. The summed E-state index contributed by atoms with van der Waals surface area (Å²) in [6, 6.07) is 0. The predicted molar refractivity (Wildman–Crippen MR) is 45.6 cm³/mol. The molecule has 0 bridgehead atoms. The van der Waals surface area contributed by atoms with Crippen molar-refractivity contribution in [3.8, 4) is 0 Å². The van der Waals surface area contributed by atoms with Crippen LogP contribution in [-0.2, 0) is 9.47 Å². The van der Waals surface area contributed by atoms with Crippen molar-refractivity contribution < 1.29 is 29.9 Å². The molecule has 14 heavy (non-hydrogen) atoms. The van der Waals surface area contributed by atoms with Gasteiger partial charge in [0.05, 0.1) is 0 Å². The van der Waals surface area contributed by atoms with E-state index in [-0.39, 0.29) is 0 Å². The maximum atomic E-state index is 9.50. The van der Waals surface area contributed by atoms with E-state index < -0.39 is 36.6 Å². The SMILES string of the molecule is CO[C@H]1[C@@H](O)[C@@H](O)[C@H](OC)[C@@H](O)[C@@H]1O. The van der Waals surface area contributed by atoms with Gasteiger partial charge in [-0.15, -0.1) is 0 Å². The van der Waals surface area contributed by atoms with Gasteiger partial charge in [0, 0.05) is 14.2 Å². The minimum atomic E-state index is -1.27. The Morgan fingerprint density at radius 2 is 0.857 bits per heavy atom. The van der Waals surface area contributed by atoms with Crippen molar-refractivity contribution in [2.75, 3.05) is 14.2 Å². The van der Waals surface area contributed by atoms with E-state index in [9.17, 15) is 20.4 Å². The normalized spacial score (nSPS) is 49.3. The molecule has 6 nitrogen and oxygen atoms in total. The molecule has 0 unspecified atom stereocenters. The van der Waals surface area contributed by atoms with Crippen molar-refractivity contribution in [3.05, 3.63) is 0 Å². The van der Waals surface area contributed by atoms with Crippen molar-refractivity contribution in [2.45, 2.75) is 36.6 Å². The van der Waals surface area contributed by atoms with Gasteiger partial charge >= 0.3 is 0 Å². The van der Waals surface area contributed by atoms with E-state index in [1.165, 1.54) is 14.2 Å². The van der Waals surface area contributed by atoms with Gasteiger partial charge in [0.2, 0.25) is 0 Å². The third-order valence-electron chi connectivity index (χ3n) is 2.59. The molecule has 0 saturated heterocycles. The summed E-state index contributed by atoms with van der Waals surface area (Å²) in [6.45, 7) is 0. The third kappa shape index (κ3) is 1.77. The second-order valence-electron chi connectivity index (χ2n) is 3.36. The van der Waals surface area contributed by atoms with Gasteiger partial charge in [-0.1, -0.05) is 0 Å². The first-order valence-electron chi connectivity index (χ1n) is 4.32. The molecule has 1 aliphatic carbocycles. The van der Waals surface area contributed by atoms with Crippen LogP contribution in [-0.4, -0.2) is 71.3 Å². The highest BCUT2D eigenvalue weighted by atomic mass is 16.5. The molecule has 0 amide bonds. The van der Waals surface area contributed by atoms with Crippen LogP contribution >= 0.6 is 0 Å². The predicted octanol–water partition coefficient (Wildman–Crippen LogP) is -2.53. The summed E-state index contributed by atoms with van der Waals surface area (Å²) in [4.78, 5) is 0. The summed E-state index contributed by atoms with van der Waals surface area (Å²) in [7, 11) is 2.56. The first-order valence-corrected chi connectivity index (χ1v) is 4.32. The lowest BCUT2D eigenvalue weighted by Crippen LogP contribution is -2.64. The zero-order chi connectivity index (χ0) is 10.9. The van der Waals surface area contributed by atoms with Gasteiger partial charge in [-0.25, -0.2) is 0 Å². The van der Waals surface area contributed by atoms with Crippen LogP contribution in [0.3, 0.4) is 0 Å². The standard InChI is InChI=1S/C8H16O6/c1-13-7-3(9)5(11)8(14-2)6(12)4(7)10/h3-12H,1-2H3/t3-,4-,5-,6+,7+,8+/m0/s1. The summed E-state index contributed by atoms with van der Waals surface area (Å²) >= 11 is 0. The fraction of sp³-hybridized carbons (Fsp3) is 1.00. The Morgan fingerprint density at radius 3 is 1.00 bits per heavy atom. The number of aliphatic hydroxyl groups excluding tert-OH is 4. The van der Waals surface area contributed by atoms with Crippen molar-refractivity contribution in [3.63, 3.8) is 0 Å². The second kappa shape index (κ2) is 4.52. The van der Waals surface area contributed by atoms with Crippen LogP contribution in [0.5, 0.6) is 0 Å². The van der Waals surface area contributed by atoms with Gasteiger partial charge in [-0.05, 0) is 0 Å². The molecule has 1 aliphatic rings. The van der Waals surface area contributed by atoms with Gasteiger partial charge < -0.3 is 29.9 Å². The second-order valence-corrected chi connectivity index (χ2v) is 3.36. The Kier molecular flexibility index (Phi) is 3.82. The lowest BCUT2D eigenvalue weighted by Gasteiger charge is -2.42. The molecule has 1 rings (SSSR count). The van der Waals surface area contributed by atoms with Crippen LogP contribution in [0.15, 0.2) is 0 Å². The molecule has 84 valence electrons. The molecule has 0 aromatic carbocycles. The number of ether oxygens (including phenoxy) is 2. The van der Waals surface area contributed by atoms with Crippen molar-refractivity contribution >= 4 is 0 Å². The van der Waals surface area contributed by atoms with Gasteiger partial charge in [0.1, 0.15) is 36.6 Å². The molecule has 4 N–H and O–H groups in total. The topological polar surface area (TPSA) is 99.4 Å². The average Bonchev–Trinajstić information content (AvgIpc) is 2.17. The number of hydrogen-bond acceptors (Lipinski definition) is 6. The Morgan fingerprint density at radius 1 is 0.643 bits per heavy atom. The highest BCUT2D eigenvalue weighted by Crippen LogP contribution is 2.24. The quantitative estimate of drug-likeness (QED) is 0.399. The van der Waals surface area contributed by atoms with Crippen LogP contribution < -0.4 is 0 Å². The van der Waals surface area contributed by atoms with Gasteiger partial charge in [0.25, 0.3) is 0 Å². The number of methoxy groups -OCH3 is 2. The summed E-state index contributed by atoms with van der Waals surface area (Å²) in [5, 5.41) is 38.0. The zero-order valence-electron chi connectivity index (χ0n) is 8.07. The highest BCUT2D eigenvalue weighted by Gasteiger charge is 2.49. The van der Waals surface area contributed by atoms with Crippen molar-refractivity contribution in [1.29, 1.82) is 0 Å². The van der Waals surface area contributed by atoms with E-state index in [0.29, 0.717) is 0 Å². The van der Waals surface area contributed by atoms with E-state index in [0.717, 1.165) is 0 Å². The number of aliphatic hydroxyl groups is 4. The largest absolute Gasteiger partial charge is 0.387 e. The molecular weight excluding hydrogens is 192 g/mol. The highest BCUT2D eigenvalue weighted by molar-refractivity contribution is 4.99. The average molecular weight is 208 g/mol. The Hall–Kier alpha value is -0.240. The fourth-order valence-electron chi connectivity index (χ4n) is 1.74. The van der Waals surface area contributed by atoms with Crippen LogP contribution in [0.1, 0.15) is 0 Å².